The minimum Gasteiger partial charge on any atom is -0.495 e. The summed E-state index contributed by atoms with van der Waals surface area (Å²) in [6.07, 6.45) is -1.89. The highest BCUT2D eigenvalue weighted by molar-refractivity contribution is 7.89. The third kappa shape index (κ3) is 5.89. The number of likely N-dealkylation sites (tertiary alicyclic amines) is 1. The van der Waals surface area contributed by atoms with E-state index in [4.69, 9.17) is 4.74 Å². The maximum Gasteiger partial charge on any atom is 0.416 e. The van der Waals surface area contributed by atoms with Crippen molar-refractivity contribution in [3.05, 3.63) is 53.6 Å². The van der Waals surface area contributed by atoms with E-state index in [9.17, 15) is 26.4 Å². The fraction of sp³-hybridized carbons (Fsp3) is 0.435. The Balaban J connectivity index is 1.75. The molecule has 1 atom stereocenters. The van der Waals surface area contributed by atoms with Crippen LogP contribution in [0.5, 0.6) is 5.75 Å². The Labute approximate surface area is 197 Å². The van der Waals surface area contributed by atoms with Gasteiger partial charge < -0.3 is 10.1 Å². The first-order chi connectivity index (χ1) is 15.9. The summed E-state index contributed by atoms with van der Waals surface area (Å²) in [7, 11) is 0.365. The number of carbonyl (C=O) groups excluding carboxylic acids is 1. The van der Waals surface area contributed by atoms with Gasteiger partial charge in [-0.15, -0.1) is 0 Å². The van der Waals surface area contributed by atoms with Gasteiger partial charge in [-0.25, -0.2) is 12.7 Å². The number of rotatable bonds is 7. The molecule has 0 saturated carbocycles. The summed E-state index contributed by atoms with van der Waals surface area (Å²) in [5, 5.41) is 2.73. The van der Waals surface area contributed by atoms with Gasteiger partial charge in [-0.3, -0.25) is 9.69 Å². The van der Waals surface area contributed by atoms with Crippen LogP contribution in [0.25, 0.3) is 0 Å². The molecule has 0 spiro atoms. The number of piperidine rings is 1. The van der Waals surface area contributed by atoms with Gasteiger partial charge in [0, 0.05) is 25.8 Å². The smallest absolute Gasteiger partial charge is 0.416 e. The number of benzene rings is 2. The third-order valence-electron chi connectivity index (χ3n) is 5.79. The van der Waals surface area contributed by atoms with Gasteiger partial charge in [-0.2, -0.15) is 13.2 Å². The van der Waals surface area contributed by atoms with Crippen molar-refractivity contribution in [1.82, 2.24) is 9.21 Å². The van der Waals surface area contributed by atoms with E-state index in [2.05, 4.69) is 5.32 Å². The number of hydrogen-bond acceptors (Lipinski definition) is 5. The van der Waals surface area contributed by atoms with E-state index >= 15 is 0 Å². The first kappa shape index (κ1) is 26.0. The van der Waals surface area contributed by atoms with E-state index < -0.39 is 21.8 Å². The molecule has 7 nitrogen and oxygen atoms in total. The van der Waals surface area contributed by atoms with Crippen LogP contribution >= 0.6 is 0 Å². The summed E-state index contributed by atoms with van der Waals surface area (Å²) in [6.45, 7) is 0.648. The molecule has 1 N–H and O–H groups in total. The number of nitrogens with one attached hydrogen (secondary N) is 1. The Morgan fingerprint density at radius 2 is 1.82 bits per heavy atom. The van der Waals surface area contributed by atoms with Crippen LogP contribution in [-0.2, 0) is 21.0 Å². The zero-order valence-corrected chi connectivity index (χ0v) is 20.0. The molecule has 186 valence electrons. The van der Waals surface area contributed by atoms with Gasteiger partial charge in [-0.05, 0) is 55.3 Å². The first-order valence-electron chi connectivity index (χ1n) is 10.7. The van der Waals surface area contributed by atoms with Crippen LogP contribution in [-0.4, -0.2) is 57.8 Å². The highest BCUT2D eigenvalue weighted by Crippen LogP contribution is 2.34. The predicted octanol–water partition coefficient (Wildman–Crippen LogP) is 4.13. The normalized spacial score (nSPS) is 17.6. The minimum atomic E-state index is -4.40. The van der Waals surface area contributed by atoms with Gasteiger partial charge >= 0.3 is 6.18 Å². The molecule has 1 heterocycles. The van der Waals surface area contributed by atoms with Crippen LogP contribution in [0, 0.1) is 0 Å². The van der Waals surface area contributed by atoms with Crippen molar-refractivity contribution >= 4 is 21.6 Å². The highest BCUT2D eigenvalue weighted by Gasteiger charge is 2.31. The molecule has 2 aromatic rings. The average molecular weight is 500 g/mol. The molecule has 1 unspecified atom stereocenters. The van der Waals surface area contributed by atoms with E-state index in [1.54, 1.807) is 6.07 Å². The number of nitrogens with zero attached hydrogens (tertiary/aromatic N) is 2. The van der Waals surface area contributed by atoms with Crippen molar-refractivity contribution in [2.45, 2.75) is 36.4 Å². The molecule has 1 fully saturated rings. The van der Waals surface area contributed by atoms with Crippen molar-refractivity contribution in [2.24, 2.45) is 0 Å². The number of hydrogen-bond donors (Lipinski definition) is 1. The lowest BCUT2D eigenvalue weighted by atomic mass is 9.94. The standard InChI is InChI=1S/C23H28F3N3O4S/c1-28(2)34(31,32)21-14-18(11-12-20(21)33-3)27-22(30)15-29-13-5-4-6-19(29)16-7-9-17(10-8-16)23(24,25)26/h7-12,14,19H,4-6,13,15H2,1-3H3,(H,27,30). The van der Waals surface area contributed by atoms with Gasteiger partial charge in [0.25, 0.3) is 0 Å². The zero-order chi connectivity index (χ0) is 25.1. The van der Waals surface area contributed by atoms with Gasteiger partial charge in [0.2, 0.25) is 15.9 Å². The molecule has 1 aliphatic rings. The largest absolute Gasteiger partial charge is 0.495 e. The van der Waals surface area contributed by atoms with Crippen LogP contribution in [0.15, 0.2) is 47.4 Å². The molecule has 1 aliphatic heterocycles. The Morgan fingerprint density at radius 3 is 2.41 bits per heavy atom. The second-order valence-electron chi connectivity index (χ2n) is 8.30. The second-order valence-corrected chi connectivity index (χ2v) is 10.4. The lowest BCUT2D eigenvalue weighted by molar-refractivity contribution is -0.137. The Kier molecular flexibility index (Phi) is 7.89. The average Bonchev–Trinajstić information content (AvgIpc) is 2.78. The summed E-state index contributed by atoms with van der Waals surface area (Å²) in [5.74, 6) is -0.192. The lowest BCUT2D eigenvalue weighted by Gasteiger charge is -2.35. The number of anilines is 1. The Bertz CT molecular complexity index is 1120. The Hall–Kier alpha value is -2.63. The van der Waals surface area contributed by atoms with Gasteiger partial charge in [0.1, 0.15) is 10.6 Å². The van der Waals surface area contributed by atoms with Crippen LogP contribution < -0.4 is 10.1 Å². The number of ether oxygens (including phenoxy) is 1. The maximum atomic E-state index is 12.9. The summed E-state index contributed by atoms with van der Waals surface area (Å²) < 4.78 is 70.1. The third-order valence-corrected chi connectivity index (χ3v) is 7.63. The molecular formula is C23H28F3N3O4S. The fourth-order valence-corrected chi connectivity index (χ4v) is 5.06. The molecule has 34 heavy (non-hydrogen) atoms. The maximum absolute atomic E-state index is 12.9. The van der Waals surface area contributed by atoms with E-state index in [1.807, 2.05) is 4.90 Å². The minimum absolute atomic E-state index is 0.0213. The molecule has 0 bridgehead atoms. The van der Waals surface area contributed by atoms with Crippen molar-refractivity contribution in [1.29, 1.82) is 0 Å². The summed E-state index contributed by atoms with van der Waals surface area (Å²) >= 11 is 0. The molecule has 2 aromatic carbocycles. The number of sulfonamides is 1. The van der Waals surface area contributed by atoms with Crippen molar-refractivity contribution in [2.75, 3.05) is 39.6 Å². The first-order valence-corrected chi connectivity index (χ1v) is 12.2. The summed E-state index contributed by atoms with van der Waals surface area (Å²) in [5.41, 5.74) is 0.318. The van der Waals surface area contributed by atoms with Gasteiger partial charge in [0.05, 0.1) is 19.2 Å². The van der Waals surface area contributed by atoms with Crippen LogP contribution in [0.1, 0.15) is 36.4 Å². The lowest BCUT2D eigenvalue weighted by Crippen LogP contribution is -2.39. The number of halogens is 3. The van der Waals surface area contributed by atoms with E-state index in [0.717, 1.165) is 41.3 Å². The monoisotopic (exact) mass is 499 g/mol. The number of carbonyl (C=O) groups is 1. The zero-order valence-electron chi connectivity index (χ0n) is 19.2. The summed E-state index contributed by atoms with van der Waals surface area (Å²) in [6, 6.07) is 9.24. The molecule has 3 rings (SSSR count). The molecule has 11 heteroatoms. The van der Waals surface area contributed by atoms with Crippen LogP contribution in [0.3, 0.4) is 0 Å². The number of alkyl halides is 3. The molecule has 1 saturated heterocycles. The van der Waals surface area contributed by atoms with E-state index in [1.165, 1.54) is 45.5 Å². The quantitative estimate of drug-likeness (QED) is 0.620. The number of amides is 1. The van der Waals surface area contributed by atoms with Crippen LogP contribution in [0.2, 0.25) is 0 Å². The second kappa shape index (κ2) is 10.3. The molecule has 0 aliphatic carbocycles. The fourth-order valence-electron chi connectivity index (χ4n) is 3.99. The molecule has 0 radical (unpaired) electrons. The summed E-state index contributed by atoms with van der Waals surface area (Å²) in [4.78, 5) is 14.7. The molecular weight excluding hydrogens is 471 g/mol. The van der Waals surface area contributed by atoms with Crippen molar-refractivity contribution in [3.63, 3.8) is 0 Å². The van der Waals surface area contributed by atoms with Crippen molar-refractivity contribution < 1.29 is 31.1 Å². The predicted molar refractivity (Wildman–Crippen MR) is 122 cm³/mol. The van der Waals surface area contributed by atoms with Crippen LogP contribution in [0.4, 0.5) is 18.9 Å². The highest BCUT2D eigenvalue weighted by atomic mass is 32.2. The van der Waals surface area contributed by atoms with Gasteiger partial charge in [0.15, 0.2) is 0 Å². The topological polar surface area (TPSA) is 79.0 Å². The van der Waals surface area contributed by atoms with Crippen molar-refractivity contribution in [3.8, 4) is 5.75 Å². The molecule has 0 aromatic heterocycles. The van der Waals surface area contributed by atoms with E-state index in [-0.39, 0.29) is 29.1 Å². The SMILES string of the molecule is COc1ccc(NC(=O)CN2CCCCC2c2ccc(C(F)(F)F)cc2)cc1S(=O)(=O)N(C)C. The molecule has 1 amide bonds. The Morgan fingerprint density at radius 1 is 1.15 bits per heavy atom. The number of methoxy groups -OCH3 is 1. The van der Waals surface area contributed by atoms with Gasteiger partial charge in [-0.1, -0.05) is 18.6 Å². The van der Waals surface area contributed by atoms with E-state index in [0.29, 0.717) is 12.2 Å².